The third-order valence-corrected chi connectivity index (χ3v) is 5.62. The van der Waals surface area contributed by atoms with Gasteiger partial charge in [0.1, 0.15) is 5.70 Å². The second kappa shape index (κ2) is 9.34. The number of ether oxygens (including phenoxy) is 2. The zero-order valence-corrected chi connectivity index (χ0v) is 19.1. The molecule has 1 aliphatic heterocycles. The van der Waals surface area contributed by atoms with Crippen LogP contribution >= 0.6 is 11.6 Å². The van der Waals surface area contributed by atoms with E-state index in [1.54, 1.807) is 54.9 Å². The fourth-order valence-corrected chi connectivity index (χ4v) is 3.80. The van der Waals surface area contributed by atoms with Gasteiger partial charge in [-0.1, -0.05) is 23.7 Å². The summed E-state index contributed by atoms with van der Waals surface area (Å²) in [5.74, 6) is 0.133. The van der Waals surface area contributed by atoms with Crippen LogP contribution in [0.5, 0.6) is 11.5 Å². The predicted octanol–water partition coefficient (Wildman–Crippen LogP) is 4.45. The van der Waals surface area contributed by atoms with E-state index in [4.69, 9.17) is 21.1 Å². The van der Waals surface area contributed by atoms with Crippen molar-refractivity contribution in [2.45, 2.75) is 13.5 Å². The molecule has 0 radical (unpaired) electrons. The quantitative estimate of drug-likeness (QED) is 0.521. The van der Waals surface area contributed by atoms with Gasteiger partial charge >= 0.3 is 0 Å². The van der Waals surface area contributed by atoms with Gasteiger partial charge in [0, 0.05) is 23.1 Å². The van der Waals surface area contributed by atoms with Crippen molar-refractivity contribution in [2.75, 3.05) is 19.5 Å². The summed E-state index contributed by atoms with van der Waals surface area (Å²) in [7, 11) is 3.05. The summed E-state index contributed by atoms with van der Waals surface area (Å²) in [6.45, 7) is 2.02. The molecule has 3 aromatic rings. The zero-order valence-electron chi connectivity index (χ0n) is 18.4. The second-order valence-electron chi connectivity index (χ2n) is 7.46. The van der Waals surface area contributed by atoms with E-state index in [0.717, 1.165) is 11.1 Å². The number of hydrogen-bond acceptors (Lipinski definition) is 6. The van der Waals surface area contributed by atoms with Gasteiger partial charge in [0.15, 0.2) is 11.5 Å². The third kappa shape index (κ3) is 4.40. The molecular formula is C25H22ClN3O4. The van der Waals surface area contributed by atoms with Gasteiger partial charge in [0.2, 0.25) is 0 Å². The number of carbonyl (C=O) groups excluding carboxylic acids is 2. The van der Waals surface area contributed by atoms with Gasteiger partial charge in [-0.2, -0.15) is 0 Å². The number of anilines is 1. The number of carbonyl (C=O) groups is 2. The standard InChI is InChI=1S/C25H22ClN3O4/c1-15-4-6-18(26)13-19(15)28-23-22(17-5-7-20(32-2)21(12-17)33-3)24(30)29(25(23)31)14-16-8-10-27-11-9-16/h4-13,28H,14H2,1-3H3. The highest BCUT2D eigenvalue weighted by molar-refractivity contribution is 6.36. The van der Waals surface area contributed by atoms with Crippen molar-refractivity contribution < 1.29 is 19.1 Å². The van der Waals surface area contributed by atoms with Crippen LogP contribution in [0.15, 0.2) is 66.6 Å². The number of amides is 2. The number of benzene rings is 2. The van der Waals surface area contributed by atoms with E-state index in [0.29, 0.717) is 27.8 Å². The highest BCUT2D eigenvalue weighted by atomic mass is 35.5. The van der Waals surface area contributed by atoms with Crippen LogP contribution in [0.25, 0.3) is 5.57 Å². The van der Waals surface area contributed by atoms with Crippen molar-refractivity contribution in [3.8, 4) is 11.5 Å². The second-order valence-corrected chi connectivity index (χ2v) is 7.89. The first kappa shape index (κ1) is 22.4. The number of hydrogen-bond donors (Lipinski definition) is 1. The molecule has 168 valence electrons. The van der Waals surface area contributed by atoms with Crippen molar-refractivity contribution in [3.63, 3.8) is 0 Å². The number of aromatic nitrogens is 1. The van der Waals surface area contributed by atoms with Gasteiger partial charge in [0.25, 0.3) is 11.8 Å². The lowest BCUT2D eigenvalue weighted by Crippen LogP contribution is -2.32. The Morgan fingerprint density at radius 1 is 0.939 bits per heavy atom. The molecule has 1 aliphatic rings. The monoisotopic (exact) mass is 463 g/mol. The maximum absolute atomic E-state index is 13.5. The molecule has 2 aromatic carbocycles. The molecule has 0 saturated heterocycles. The minimum absolute atomic E-state index is 0.122. The Kier molecular flexibility index (Phi) is 6.33. The number of methoxy groups -OCH3 is 2. The van der Waals surface area contributed by atoms with Crippen LogP contribution in [-0.2, 0) is 16.1 Å². The number of nitrogens with zero attached hydrogens (tertiary/aromatic N) is 2. The minimum Gasteiger partial charge on any atom is -0.493 e. The summed E-state index contributed by atoms with van der Waals surface area (Å²) >= 11 is 6.17. The van der Waals surface area contributed by atoms with Crippen LogP contribution < -0.4 is 14.8 Å². The fourth-order valence-electron chi connectivity index (χ4n) is 3.63. The third-order valence-electron chi connectivity index (χ3n) is 5.39. The fraction of sp³-hybridized carbons (Fsp3) is 0.160. The van der Waals surface area contributed by atoms with Crippen LogP contribution in [0.4, 0.5) is 5.69 Å². The number of pyridine rings is 1. The van der Waals surface area contributed by atoms with Gasteiger partial charge < -0.3 is 14.8 Å². The summed E-state index contributed by atoms with van der Waals surface area (Å²) < 4.78 is 10.7. The molecule has 4 rings (SSSR count). The van der Waals surface area contributed by atoms with Gasteiger partial charge in [-0.15, -0.1) is 0 Å². The minimum atomic E-state index is -0.430. The Balaban J connectivity index is 1.81. The van der Waals surface area contributed by atoms with Crippen LogP contribution in [0.2, 0.25) is 5.02 Å². The highest BCUT2D eigenvalue weighted by Crippen LogP contribution is 2.36. The number of aryl methyl sites for hydroxylation is 1. The van der Waals surface area contributed by atoms with E-state index in [1.165, 1.54) is 19.1 Å². The molecule has 8 heteroatoms. The first-order valence-electron chi connectivity index (χ1n) is 10.2. The lowest BCUT2D eigenvalue weighted by Gasteiger charge is -2.16. The topological polar surface area (TPSA) is 80.8 Å². The van der Waals surface area contributed by atoms with Crippen LogP contribution in [0.1, 0.15) is 16.7 Å². The normalized spacial score (nSPS) is 13.5. The molecule has 0 unspecified atom stereocenters. The number of rotatable bonds is 7. The van der Waals surface area contributed by atoms with Crippen molar-refractivity contribution in [3.05, 3.63) is 88.3 Å². The van der Waals surface area contributed by atoms with Crippen LogP contribution in [0.3, 0.4) is 0 Å². The molecule has 0 spiro atoms. The molecule has 0 aliphatic carbocycles. The number of nitrogens with one attached hydrogen (secondary N) is 1. The molecule has 0 fully saturated rings. The predicted molar refractivity (Wildman–Crippen MR) is 126 cm³/mol. The van der Waals surface area contributed by atoms with Crippen LogP contribution in [0, 0.1) is 6.92 Å². The maximum atomic E-state index is 13.5. The van der Waals surface area contributed by atoms with E-state index < -0.39 is 11.8 Å². The first-order chi connectivity index (χ1) is 15.9. The lowest BCUT2D eigenvalue weighted by atomic mass is 10.0. The van der Waals surface area contributed by atoms with Gasteiger partial charge in [-0.25, -0.2) is 0 Å². The molecule has 0 atom stereocenters. The smallest absolute Gasteiger partial charge is 0.278 e. The molecule has 0 saturated carbocycles. The van der Waals surface area contributed by atoms with Gasteiger partial charge in [-0.05, 0) is 60.0 Å². The molecular weight excluding hydrogens is 442 g/mol. The summed E-state index contributed by atoms with van der Waals surface area (Å²) in [4.78, 5) is 32.2. The molecule has 7 nitrogen and oxygen atoms in total. The Morgan fingerprint density at radius 2 is 1.67 bits per heavy atom. The average molecular weight is 464 g/mol. The summed E-state index contributed by atoms with van der Waals surface area (Å²) in [6.07, 6.45) is 3.25. The lowest BCUT2D eigenvalue weighted by molar-refractivity contribution is -0.137. The molecule has 2 amide bonds. The van der Waals surface area contributed by atoms with Gasteiger partial charge in [-0.3, -0.25) is 19.5 Å². The molecule has 0 bridgehead atoms. The van der Waals surface area contributed by atoms with Crippen molar-refractivity contribution >= 4 is 34.7 Å². The Labute approximate surface area is 196 Å². The van der Waals surface area contributed by atoms with Gasteiger partial charge in [0.05, 0.1) is 26.3 Å². The summed E-state index contributed by atoms with van der Waals surface area (Å²) in [5.41, 5.74) is 3.26. The molecule has 1 aromatic heterocycles. The first-order valence-corrected chi connectivity index (χ1v) is 10.6. The highest BCUT2D eigenvalue weighted by Gasteiger charge is 2.39. The Hall–Kier alpha value is -3.84. The average Bonchev–Trinajstić information content (AvgIpc) is 3.05. The molecule has 1 N–H and O–H groups in total. The van der Waals surface area contributed by atoms with E-state index in [9.17, 15) is 9.59 Å². The largest absolute Gasteiger partial charge is 0.493 e. The van der Waals surface area contributed by atoms with E-state index >= 15 is 0 Å². The van der Waals surface area contributed by atoms with Crippen molar-refractivity contribution in [1.29, 1.82) is 0 Å². The van der Waals surface area contributed by atoms with Crippen LogP contribution in [-0.4, -0.2) is 35.9 Å². The maximum Gasteiger partial charge on any atom is 0.278 e. The molecule has 33 heavy (non-hydrogen) atoms. The number of halogens is 1. The Bertz CT molecular complexity index is 1260. The summed E-state index contributed by atoms with van der Waals surface area (Å²) in [6, 6.07) is 14.0. The molecule has 2 heterocycles. The van der Waals surface area contributed by atoms with Crippen molar-refractivity contribution in [1.82, 2.24) is 9.88 Å². The zero-order chi connectivity index (χ0) is 23.5. The SMILES string of the molecule is COc1ccc(C2=C(Nc3cc(Cl)ccc3C)C(=O)N(Cc3ccncc3)C2=O)cc1OC. The van der Waals surface area contributed by atoms with E-state index in [-0.39, 0.29) is 17.8 Å². The summed E-state index contributed by atoms with van der Waals surface area (Å²) in [5, 5.41) is 3.67. The number of imide groups is 1. The van der Waals surface area contributed by atoms with E-state index in [2.05, 4.69) is 10.3 Å². The van der Waals surface area contributed by atoms with Crippen molar-refractivity contribution in [2.24, 2.45) is 0 Å². The van der Waals surface area contributed by atoms with E-state index in [1.807, 2.05) is 13.0 Å². The Morgan fingerprint density at radius 3 is 2.36 bits per heavy atom.